The van der Waals surface area contributed by atoms with Crippen LogP contribution in [0.25, 0.3) is 0 Å². The summed E-state index contributed by atoms with van der Waals surface area (Å²) in [6.07, 6.45) is 0. The fourth-order valence-electron chi connectivity index (χ4n) is 2.42. The molecule has 1 atom stereocenters. The van der Waals surface area contributed by atoms with Crippen LogP contribution < -0.4 is 15.5 Å². The minimum Gasteiger partial charge on any atom is -0.378 e. The van der Waals surface area contributed by atoms with E-state index in [0.29, 0.717) is 36.3 Å². The van der Waals surface area contributed by atoms with Crippen molar-refractivity contribution in [1.82, 2.24) is 15.0 Å². The van der Waals surface area contributed by atoms with Crippen molar-refractivity contribution in [2.75, 3.05) is 60.7 Å². The second kappa shape index (κ2) is 6.01. The number of nitrogens with two attached hydrogens (primary N) is 1. The van der Waals surface area contributed by atoms with Crippen molar-refractivity contribution in [3.63, 3.8) is 0 Å². The van der Waals surface area contributed by atoms with Gasteiger partial charge in [0, 0.05) is 37.2 Å². The standard InChI is InChI=1S/C12H20N6OS/c1-9-8-18(4-7-20-9)12-15-10(13)14-11(16-12)17-2-5-19-6-3-17/h9H,2-8H2,1H3,(H2,13,14,15,16). The number of thioether (sulfide) groups is 1. The van der Waals surface area contributed by atoms with E-state index in [2.05, 4.69) is 31.7 Å². The number of nitrogen functional groups attached to an aromatic ring is 1. The fourth-order valence-corrected chi connectivity index (χ4v) is 3.43. The monoisotopic (exact) mass is 296 g/mol. The molecule has 0 amide bonds. The number of nitrogens with zero attached hydrogens (tertiary/aromatic N) is 5. The van der Waals surface area contributed by atoms with Gasteiger partial charge >= 0.3 is 0 Å². The van der Waals surface area contributed by atoms with Crippen LogP contribution in [-0.2, 0) is 4.74 Å². The molecule has 7 nitrogen and oxygen atoms in total. The highest BCUT2D eigenvalue weighted by Gasteiger charge is 2.22. The zero-order valence-corrected chi connectivity index (χ0v) is 12.5. The Balaban J connectivity index is 1.82. The molecule has 2 fully saturated rings. The molecule has 0 spiro atoms. The van der Waals surface area contributed by atoms with Gasteiger partial charge in [0.15, 0.2) is 0 Å². The van der Waals surface area contributed by atoms with E-state index in [1.165, 1.54) is 0 Å². The molecule has 20 heavy (non-hydrogen) atoms. The maximum atomic E-state index is 5.86. The van der Waals surface area contributed by atoms with E-state index in [9.17, 15) is 0 Å². The molecule has 0 aromatic carbocycles. The van der Waals surface area contributed by atoms with Crippen molar-refractivity contribution in [3.05, 3.63) is 0 Å². The lowest BCUT2D eigenvalue weighted by Gasteiger charge is -2.32. The molecular formula is C12H20N6OS. The highest BCUT2D eigenvalue weighted by Crippen LogP contribution is 2.23. The Morgan fingerprint density at radius 3 is 2.50 bits per heavy atom. The fraction of sp³-hybridized carbons (Fsp3) is 0.750. The van der Waals surface area contributed by atoms with Gasteiger partial charge in [-0.2, -0.15) is 26.7 Å². The number of hydrogen-bond donors (Lipinski definition) is 1. The Bertz CT molecular complexity index is 467. The van der Waals surface area contributed by atoms with Gasteiger partial charge in [0.2, 0.25) is 17.8 Å². The van der Waals surface area contributed by atoms with Gasteiger partial charge in [0.1, 0.15) is 0 Å². The Labute approximate surface area is 122 Å². The Morgan fingerprint density at radius 2 is 1.80 bits per heavy atom. The summed E-state index contributed by atoms with van der Waals surface area (Å²) in [5.41, 5.74) is 5.86. The first-order valence-corrected chi connectivity index (χ1v) is 7.98. The average molecular weight is 296 g/mol. The Kier molecular flexibility index (Phi) is 4.11. The van der Waals surface area contributed by atoms with Gasteiger partial charge in [-0.1, -0.05) is 6.92 Å². The largest absolute Gasteiger partial charge is 0.378 e. The van der Waals surface area contributed by atoms with Gasteiger partial charge in [-0.3, -0.25) is 0 Å². The molecular weight excluding hydrogens is 276 g/mol. The zero-order chi connectivity index (χ0) is 13.9. The lowest BCUT2D eigenvalue weighted by atomic mass is 10.4. The summed E-state index contributed by atoms with van der Waals surface area (Å²) in [7, 11) is 0. The molecule has 0 aliphatic carbocycles. The van der Waals surface area contributed by atoms with Gasteiger partial charge in [-0.05, 0) is 0 Å². The molecule has 1 unspecified atom stereocenters. The van der Waals surface area contributed by atoms with E-state index < -0.39 is 0 Å². The molecule has 2 aliphatic heterocycles. The number of morpholine rings is 1. The molecule has 2 saturated heterocycles. The van der Waals surface area contributed by atoms with Crippen molar-refractivity contribution >= 4 is 29.6 Å². The first-order chi connectivity index (χ1) is 9.72. The summed E-state index contributed by atoms with van der Waals surface area (Å²) in [4.78, 5) is 17.5. The third-order valence-corrected chi connectivity index (χ3v) is 4.58. The number of ether oxygens (including phenoxy) is 1. The van der Waals surface area contributed by atoms with E-state index in [1.807, 2.05) is 11.8 Å². The van der Waals surface area contributed by atoms with Gasteiger partial charge in [-0.25, -0.2) is 0 Å². The minimum atomic E-state index is 0.294. The van der Waals surface area contributed by atoms with Gasteiger partial charge in [0.05, 0.1) is 13.2 Å². The van der Waals surface area contributed by atoms with Crippen molar-refractivity contribution in [3.8, 4) is 0 Å². The molecule has 3 rings (SSSR count). The van der Waals surface area contributed by atoms with Crippen LogP contribution in [-0.4, -0.2) is 65.3 Å². The first kappa shape index (κ1) is 13.7. The molecule has 3 heterocycles. The van der Waals surface area contributed by atoms with Gasteiger partial charge in [0.25, 0.3) is 0 Å². The maximum absolute atomic E-state index is 5.86. The van der Waals surface area contributed by atoms with Crippen LogP contribution >= 0.6 is 11.8 Å². The lowest BCUT2D eigenvalue weighted by Crippen LogP contribution is -2.40. The smallest absolute Gasteiger partial charge is 0.232 e. The molecule has 0 saturated carbocycles. The van der Waals surface area contributed by atoms with Gasteiger partial charge < -0.3 is 20.3 Å². The number of anilines is 3. The van der Waals surface area contributed by atoms with E-state index in [0.717, 1.165) is 31.9 Å². The van der Waals surface area contributed by atoms with Crippen molar-refractivity contribution < 1.29 is 4.74 Å². The van der Waals surface area contributed by atoms with Gasteiger partial charge in [-0.15, -0.1) is 0 Å². The van der Waals surface area contributed by atoms with Crippen molar-refractivity contribution in [2.24, 2.45) is 0 Å². The van der Waals surface area contributed by atoms with Crippen LogP contribution in [0.2, 0.25) is 0 Å². The Morgan fingerprint density at radius 1 is 1.10 bits per heavy atom. The van der Waals surface area contributed by atoms with E-state index >= 15 is 0 Å². The summed E-state index contributed by atoms with van der Waals surface area (Å²) in [5.74, 6) is 2.76. The summed E-state index contributed by atoms with van der Waals surface area (Å²) in [6, 6.07) is 0. The molecule has 0 radical (unpaired) electrons. The highest BCUT2D eigenvalue weighted by molar-refractivity contribution is 8.00. The van der Waals surface area contributed by atoms with Crippen LogP contribution in [0.1, 0.15) is 6.92 Å². The van der Waals surface area contributed by atoms with Crippen LogP contribution in [0.3, 0.4) is 0 Å². The molecule has 1 aromatic heterocycles. The van der Waals surface area contributed by atoms with Crippen LogP contribution in [0, 0.1) is 0 Å². The summed E-state index contributed by atoms with van der Waals surface area (Å²) in [5, 5.41) is 0.591. The van der Waals surface area contributed by atoms with E-state index in [-0.39, 0.29) is 0 Å². The molecule has 110 valence electrons. The molecule has 2 aliphatic rings. The maximum Gasteiger partial charge on any atom is 0.232 e. The lowest BCUT2D eigenvalue weighted by molar-refractivity contribution is 0.122. The quantitative estimate of drug-likeness (QED) is 0.831. The van der Waals surface area contributed by atoms with Crippen molar-refractivity contribution in [2.45, 2.75) is 12.2 Å². The molecule has 0 bridgehead atoms. The Hall–Kier alpha value is -1.28. The second-order valence-corrected chi connectivity index (χ2v) is 6.57. The molecule has 8 heteroatoms. The van der Waals surface area contributed by atoms with E-state index in [1.54, 1.807) is 0 Å². The third-order valence-electron chi connectivity index (χ3n) is 3.45. The average Bonchev–Trinajstić information content (AvgIpc) is 2.47. The normalized spacial score (nSPS) is 23.9. The van der Waals surface area contributed by atoms with Crippen LogP contribution in [0.4, 0.5) is 17.8 Å². The number of hydrogen-bond acceptors (Lipinski definition) is 8. The van der Waals surface area contributed by atoms with Crippen molar-refractivity contribution in [1.29, 1.82) is 0 Å². The van der Waals surface area contributed by atoms with E-state index in [4.69, 9.17) is 10.5 Å². The number of rotatable bonds is 2. The summed E-state index contributed by atoms with van der Waals surface area (Å²) >= 11 is 1.98. The molecule has 1 aromatic rings. The second-order valence-electron chi connectivity index (χ2n) is 5.02. The SMILES string of the molecule is CC1CN(c2nc(N)nc(N3CCOCC3)n2)CCS1. The third kappa shape index (κ3) is 3.06. The highest BCUT2D eigenvalue weighted by atomic mass is 32.2. The van der Waals surface area contributed by atoms with Crippen LogP contribution in [0.5, 0.6) is 0 Å². The minimum absolute atomic E-state index is 0.294. The summed E-state index contributed by atoms with van der Waals surface area (Å²) < 4.78 is 5.35. The summed E-state index contributed by atoms with van der Waals surface area (Å²) in [6.45, 7) is 7.16. The zero-order valence-electron chi connectivity index (χ0n) is 11.7. The van der Waals surface area contributed by atoms with Crippen LogP contribution in [0.15, 0.2) is 0 Å². The predicted molar refractivity (Wildman–Crippen MR) is 81.4 cm³/mol. The first-order valence-electron chi connectivity index (χ1n) is 6.93. The molecule has 2 N–H and O–H groups in total. The topological polar surface area (TPSA) is 80.4 Å². The number of aromatic nitrogens is 3. The predicted octanol–water partition coefficient (Wildman–Crippen LogP) is 0.232.